The minimum absolute atomic E-state index is 0.0805. The Morgan fingerprint density at radius 1 is 1.20 bits per heavy atom. The Kier molecular flexibility index (Phi) is 5.71. The van der Waals surface area contributed by atoms with Crippen molar-refractivity contribution in [3.05, 3.63) is 35.4 Å². The highest BCUT2D eigenvalue weighted by molar-refractivity contribution is 5.94. The number of carbonyl (C=O) groups excluding carboxylic acids is 2. The standard InChI is InChI=1S/C14H18N2O4/c1-10(17)15-9-11-3-5-12(6-4-11)14(20)16(2)8-7-13(18)19/h3-6H,7-9H2,1-2H3,(H,15,17)(H,18,19). The lowest BCUT2D eigenvalue weighted by Gasteiger charge is -2.16. The van der Waals surface area contributed by atoms with Gasteiger partial charge in [0.05, 0.1) is 6.42 Å². The smallest absolute Gasteiger partial charge is 0.305 e. The molecule has 0 spiro atoms. The summed E-state index contributed by atoms with van der Waals surface area (Å²) in [5.74, 6) is -1.27. The largest absolute Gasteiger partial charge is 0.481 e. The second-order valence-corrected chi connectivity index (χ2v) is 4.48. The molecule has 0 unspecified atom stereocenters. The summed E-state index contributed by atoms with van der Waals surface area (Å²) in [6.07, 6.45) is -0.0805. The number of aliphatic carboxylic acids is 1. The molecule has 0 saturated heterocycles. The van der Waals surface area contributed by atoms with Crippen molar-refractivity contribution in [2.75, 3.05) is 13.6 Å². The van der Waals surface area contributed by atoms with Gasteiger partial charge in [0.1, 0.15) is 0 Å². The molecule has 2 N–H and O–H groups in total. The van der Waals surface area contributed by atoms with Gasteiger partial charge in [-0.1, -0.05) is 12.1 Å². The summed E-state index contributed by atoms with van der Waals surface area (Å²) in [5, 5.41) is 11.2. The average molecular weight is 278 g/mol. The van der Waals surface area contributed by atoms with Crippen LogP contribution in [0.3, 0.4) is 0 Å². The van der Waals surface area contributed by atoms with Crippen LogP contribution in [-0.4, -0.2) is 41.4 Å². The zero-order chi connectivity index (χ0) is 15.1. The van der Waals surface area contributed by atoms with Gasteiger partial charge in [0.2, 0.25) is 5.91 Å². The second kappa shape index (κ2) is 7.28. The van der Waals surface area contributed by atoms with E-state index >= 15 is 0 Å². The van der Waals surface area contributed by atoms with Crippen LogP contribution in [0.4, 0.5) is 0 Å². The van der Waals surface area contributed by atoms with Crippen LogP contribution in [0.1, 0.15) is 29.3 Å². The molecule has 1 rings (SSSR count). The van der Waals surface area contributed by atoms with E-state index in [4.69, 9.17) is 5.11 Å². The van der Waals surface area contributed by atoms with Crippen LogP contribution >= 0.6 is 0 Å². The first kappa shape index (κ1) is 15.7. The highest BCUT2D eigenvalue weighted by Crippen LogP contribution is 2.07. The van der Waals surface area contributed by atoms with Gasteiger partial charge in [0.25, 0.3) is 5.91 Å². The highest BCUT2D eigenvalue weighted by Gasteiger charge is 2.12. The zero-order valence-electron chi connectivity index (χ0n) is 11.5. The van der Waals surface area contributed by atoms with Crippen LogP contribution in [-0.2, 0) is 16.1 Å². The van der Waals surface area contributed by atoms with Crippen molar-refractivity contribution in [3.8, 4) is 0 Å². The SMILES string of the molecule is CC(=O)NCc1ccc(C(=O)N(C)CCC(=O)O)cc1. The van der Waals surface area contributed by atoms with Gasteiger partial charge in [0, 0.05) is 32.6 Å². The maximum absolute atomic E-state index is 12.0. The van der Waals surface area contributed by atoms with Crippen molar-refractivity contribution < 1.29 is 19.5 Å². The Morgan fingerprint density at radius 3 is 2.30 bits per heavy atom. The predicted molar refractivity (Wildman–Crippen MR) is 73.2 cm³/mol. The van der Waals surface area contributed by atoms with Crippen molar-refractivity contribution in [1.82, 2.24) is 10.2 Å². The summed E-state index contributed by atoms with van der Waals surface area (Å²) in [4.78, 5) is 34.6. The number of amides is 2. The molecule has 0 aromatic heterocycles. The van der Waals surface area contributed by atoms with E-state index in [9.17, 15) is 14.4 Å². The van der Waals surface area contributed by atoms with E-state index < -0.39 is 5.97 Å². The highest BCUT2D eigenvalue weighted by atomic mass is 16.4. The fourth-order valence-electron chi connectivity index (χ4n) is 1.58. The number of carboxylic acids is 1. The first-order valence-corrected chi connectivity index (χ1v) is 6.21. The second-order valence-electron chi connectivity index (χ2n) is 4.48. The molecule has 0 aliphatic rings. The van der Waals surface area contributed by atoms with E-state index in [0.29, 0.717) is 12.1 Å². The molecule has 20 heavy (non-hydrogen) atoms. The Labute approximate surface area is 117 Å². The Bertz CT molecular complexity index is 496. The van der Waals surface area contributed by atoms with Gasteiger partial charge in [-0.2, -0.15) is 0 Å². The molecular weight excluding hydrogens is 260 g/mol. The molecular formula is C14H18N2O4. The third-order valence-corrected chi connectivity index (χ3v) is 2.75. The van der Waals surface area contributed by atoms with Crippen LogP contribution in [0.5, 0.6) is 0 Å². The van der Waals surface area contributed by atoms with Crippen LogP contribution in [0.15, 0.2) is 24.3 Å². The molecule has 6 heteroatoms. The Balaban J connectivity index is 2.60. The van der Waals surface area contributed by atoms with E-state index in [1.807, 2.05) is 0 Å². The molecule has 0 fully saturated rings. The lowest BCUT2D eigenvalue weighted by atomic mass is 10.1. The third-order valence-electron chi connectivity index (χ3n) is 2.75. The number of benzene rings is 1. The van der Waals surface area contributed by atoms with E-state index in [1.165, 1.54) is 11.8 Å². The number of carbonyl (C=O) groups is 3. The molecule has 0 heterocycles. The summed E-state index contributed by atoms with van der Waals surface area (Å²) < 4.78 is 0. The fraction of sp³-hybridized carbons (Fsp3) is 0.357. The quantitative estimate of drug-likeness (QED) is 0.808. The molecule has 108 valence electrons. The molecule has 1 aromatic carbocycles. The lowest BCUT2D eigenvalue weighted by molar-refractivity contribution is -0.137. The number of nitrogens with one attached hydrogen (secondary N) is 1. The van der Waals surface area contributed by atoms with Crippen LogP contribution in [0.2, 0.25) is 0 Å². The average Bonchev–Trinajstić information content (AvgIpc) is 2.42. The van der Waals surface area contributed by atoms with E-state index in [0.717, 1.165) is 5.56 Å². The van der Waals surface area contributed by atoms with Gasteiger partial charge in [-0.25, -0.2) is 0 Å². The number of hydrogen-bond acceptors (Lipinski definition) is 3. The fourth-order valence-corrected chi connectivity index (χ4v) is 1.58. The monoisotopic (exact) mass is 278 g/mol. The van der Waals surface area contributed by atoms with E-state index in [1.54, 1.807) is 31.3 Å². The van der Waals surface area contributed by atoms with Gasteiger partial charge in [0.15, 0.2) is 0 Å². The van der Waals surface area contributed by atoms with Gasteiger partial charge in [-0.05, 0) is 17.7 Å². The third kappa shape index (κ3) is 5.09. The van der Waals surface area contributed by atoms with Crippen molar-refractivity contribution in [3.63, 3.8) is 0 Å². The first-order chi connectivity index (χ1) is 9.40. The number of hydrogen-bond donors (Lipinski definition) is 2. The van der Waals surface area contributed by atoms with Crippen molar-refractivity contribution >= 4 is 17.8 Å². The molecule has 0 atom stereocenters. The molecule has 0 aliphatic carbocycles. The summed E-state index contributed by atoms with van der Waals surface area (Å²) in [5.41, 5.74) is 1.38. The number of carboxylic acid groups (broad SMARTS) is 1. The molecule has 6 nitrogen and oxygen atoms in total. The minimum Gasteiger partial charge on any atom is -0.481 e. The zero-order valence-corrected chi connectivity index (χ0v) is 11.5. The minimum atomic E-state index is -0.935. The number of nitrogens with zero attached hydrogens (tertiary/aromatic N) is 1. The normalized spacial score (nSPS) is 9.90. The van der Waals surface area contributed by atoms with Gasteiger partial charge >= 0.3 is 5.97 Å². The Hall–Kier alpha value is -2.37. The van der Waals surface area contributed by atoms with Gasteiger partial charge in [-0.15, -0.1) is 0 Å². The summed E-state index contributed by atoms with van der Waals surface area (Å²) >= 11 is 0. The van der Waals surface area contributed by atoms with Crippen molar-refractivity contribution in [1.29, 1.82) is 0 Å². The predicted octanol–water partition coefficient (Wildman–Crippen LogP) is 0.869. The van der Waals surface area contributed by atoms with Crippen molar-refractivity contribution in [2.24, 2.45) is 0 Å². The van der Waals surface area contributed by atoms with E-state index in [2.05, 4.69) is 5.32 Å². The summed E-state index contributed by atoms with van der Waals surface area (Å²) in [6.45, 7) is 2.02. The molecule has 0 radical (unpaired) electrons. The lowest BCUT2D eigenvalue weighted by Crippen LogP contribution is -2.29. The van der Waals surface area contributed by atoms with Crippen LogP contribution in [0, 0.1) is 0 Å². The first-order valence-electron chi connectivity index (χ1n) is 6.21. The van der Waals surface area contributed by atoms with Gasteiger partial charge < -0.3 is 15.3 Å². The van der Waals surface area contributed by atoms with Crippen LogP contribution in [0.25, 0.3) is 0 Å². The Morgan fingerprint density at radius 2 is 1.80 bits per heavy atom. The molecule has 0 saturated carbocycles. The molecule has 0 bridgehead atoms. The maximum atomic E-state index is 12.0. The maximum Gasteiger partial charge on any atom is 0.305 e. The summed E-state index contributed by atoms with van der Waals surface area (Å²) in [6, 6.07) is 6.84. The number of rotatable bonds is 6. The van der Waals surface area contributed by atoms with Crippen molar-refractivity contribution in [2.45, 2.75) is 19.9 Å². The van der Waals surface area contributed by atoms with Crippen LogP contribution < -0.4 is 5.32 Å². The topological polar surface area (TPSA) is 86.7 Å². The summed E-state index contributed by atoms with van der Waals surface area (Å²) in [7, 11) is 1.57. The molecule has 1 aromatic rings. The van der Waals surface area contributed by atoms with Gasteiger partial charge in [-0.3, -0.25) is 14.4 Å². The van der Waals surface area contributed by atoms with E-state index in [-0.39, 0.29) is 24.8 Å². The molecule has 2 amide bonds. The molecule has 0 aliphatic heterocycles.